The Labute approximate surface area is 98.1 Å². The summed E-state index contributed by atoms with van der Waals surface area (Å²) in [5.74, 6) is 0. The van der Waals surface area contributed by atoms with Crippen LogP contribution in [0.4, 0.5) is 0 Å². The smallest absolute Gasteiger partial charge is 0.0346 e. The molecule has 0 radical (unpaired) electrons. The number of hydrogen-bond acceptors (Lipinski definition) is 1. The zero-order valence-electron chi connectivity index (χ0n) is 8.80. The molecule has 0 N–H and O–H groups in total. The zero-order chi connectivity index (χ0) is 10.6. The van der Waals surface area contributed by atoms with Crippen LogP contribution in [-0.2, 0) is 6.42 Å². The lowest BCUT2D eigenvalue weighted by Crippen LogP contribution is -1.74. The van der Waals surface area contributed by atoms with Crippen LogP contribution in [0.2, 0.25) is 0 Å². The van der Waals surface area contributed by atoms with Gasteiger partial charge in [-0.15, -0.1) is 11.3 Å². The second kappa shape index (κ2) is 5.52. The largest absolute Gasteiger partial charge is 0.144 e. The van der Waals surface area contributed by atoms with Gasteiger partial charge in [0.25, 0.3) is 0 Å². The molecule has 0 bridgehead atoms. The van der Waals surface area contributed by atoms with Gasteiger partial charge in [0.05, 0.1) is 0 Å². The van der Waals surface area contributed by atoms with Crippen molar-refractivity contribution >= 4 is 37.4 Å². The summed E-state index contributed by atoms with van der Waals surface area (Å²) in [6.45, 7) is 6.20. The third kappa shape index (κ3) is 2.37. The molecular weight excluding hydrogens is 256 g/mol. The van der Waals surface area contributed by atoms with Gasteiger partial charge in [-0.05, 0) is 40.9 Å². The molecule has 0 atom stereocenters. The van der Waals surface area contributed by atoms with Crippen LogP contribution in [0.25, 0.3) is 10.1 Å². The summed E-state index contributed by atoms with van der Waals surface area (Å²) in [4.78, 5) is 0. The molecule has 0 unspecified atom stereocenters. The van der Waals surface area contributed by atoms with Gasteiger partial charge in [-0.25, -0.2) is 0 Å². The number of rotatable bonds is 1. The molecule has 2 heteroatoms. The van der Waals surface area contributed by atoms with Crippen molar-refractivity contribution in [2.75, 3.05) is 0 Å². The first kappa shape index (κ1) is 11.7. The van der Waals surface area contributed by atoms with Crippen molar-refractivity contribution in [3.63, 3.8) is 0 Å². The number of hydrogen-bond donors (Lipinski definition) is 0. The lowest BCUT2D eigenvalue weighted by atomic mass is 10.1. The van der Waals surface area contributed by atoms with Gasteiger partial charge in [0.2, 0.25) is 0 Å². The Hall–Kier alpha value is -0.340. The average molecular weight is 271 g/mol. The number of thiophene rings is 1. The Morgan fingerprint density at radius 2 is 2.00 bits per heavy atom. The molecular formula is C12H15BrS. The van der Waals surface area contributed by atoms with E-state index in [0.29, 0.717) is 0 Å². The molecule has 76 valence electrons. The first-order valence-electron chi connectivity index (χ1n) is 4.97. The minimum atomic E-state index is 1.12. The molecule has 0 aliphatic heterocycles. The van der Waals surface area contributed by atoms with Gasteiger partial charge < -0.3 is 0 Å². The summed E-state index contributed by atoms with van der Waals surface area (Å²) in [6.07, 6.45) is 1.12. The highest BCUT2D eigenvalue weighted by atomic mass is 79.9. The molecule has 0 saturated heterocycles. The monoisotopic (exact) mass is 270 g/mol. The molecule has 2 aromatic rings. The molecule has 1 aromatic carbocycles. The van der Waals surface area contributed by atoms with Crippen LogP contribution >= 0.6 is 27.3 Å². The molecule has 0 aliphatic carbocycles. The Balaban J connectivity index is 0.000000461. The van der Waals surface area contributed by atoms with Gasteiger partial charge in [-0.3, -0.25) is 0 Å². The number of benzene rings is 1. The van der Waals surface area contributed by atoms with Gasteiger partial charge in [0.1, 0.15) is 0 Å². The number of aryl methyl sites for hydroxylation is 1. The highest BCUT2D eigenvalue weighted by Gasteiger charge is 2.01. The second-order valence-corrected chi connectivity index (χ2v) is 4.58. The standard InChI is InChI=1S/C10H9BrS.C2H6/c1-2-7-6-12-10-4-3-8(11)5-9(7)10;1-2/h3-6H,2H2,1H3;1-2H3. The lowest BCUT2D eigenvalue weighted by molar-refractivity contribution is 1.17. The molecule has 0 fully saturated rings. The Morgan fingerprint density at radius 1 is 1.29 bits per heavy atom. The van der Waals surface area contributed by atoms with Crippen molar-refractivity contribution in [1.82, 2.24) is 0 Å². The van der Waals surface area contributed by atoms with E-state index in [2.05, 4.69) is 46.4 Å². The molecule has 1 heterocycles. The average Bonchev–Trinajstić information content (AvgIpc) is 2.63. The summed E-state index contributed by atoms with van der Waals surface area (Å²) in [5, 5.41) is 3.65. The van der Waals surface area contributed by atoms with Gasteiger partial charge in [0, 0.05) is 9.17 Å². The minimum Gasteiger partial charge on any atom is -0.144 e. The highest BCUT2D eigenvalue weighted by molar-refractivity contribution is 9.10. The number of fused-ring (bicyclic) bond motifs is 1. The Morgan fingerprint density at radius 3 is 2.64 bits per heavy atom. The predicted octanol–water partition coefficient (Wildman–Crippen LogP) is 5.25. The molecule has 0 saturated carbocycles. The summed E-state index contributed by atoms with van der Waals surface area (Å²) in [6, 6.07) is 6.46. The van der Waals surface area contributed by atoms with E-state index in [1.807, 2.05) is 25.2 Å². The van der Waals surface area contributed by atoms with Crippen molar-refractivity contribution in [3.05, 3.63) is 33.6 Å². The third-order valence-electron chi connectivity index (χ3n) is 2.00. The van der Waals surface area contributed by atoms with Gasteiger partial charge in [-0.2, -0.15) is 0 Å². The first-order chi connectivity index (χ1) is 6.81. The van der Waals surface area contributed by atoms with Crippen LogP contribution < -0.4 is 0 Å². The third-order valence-corrected chi connectivity index (χ3v) is 3.50. The van der Waals surface area contributed by atoms with E-state index in [0.717, 1.165) is 6.42 Å². The Bertz CT molecular complexity index is 404. The molecule has 0 spiro atoms. The van der Waals surface area contributed by atoms with Crippen molar-refractivity contribution in [1.29, 1.82) is 0 Å². The molecule has 2 rings (SSSR count). The quantitative estimate of drug-likeness (QED) is 0.664. The number of halogens is 1. The van der Waals surface area contributed by atoms with Crippen molar-refractivity contribution in [2.24, 2.45) is 0 Å². The fourth-order valence-corrected chi connectivity index (χ4v) is 2.72. The van der Waals surface area contributed by atoms with E-state index < -0.39 is 0 Å². The molecule has 0 aliphatic rings. The van der Waals surface area contributed by atoms with E-state index in [-0.39, 0.29) is 0 Å². The van der Waals surface area contributed by atoms with Gasteiger partial charge in [-0.1, -0.05) is 36.7 Å². The minimum absolute atomic E-state index is 1.12. The molecule has 0 nitrogen and oxygen atoms in total. The first-order valence-corrected chi connectivity index (χ1v) is 6.64. The highest BCUT2D eigenvalue weighted by Crippen LogP contribution is 2.28. The summed E-state index contributed by atoms with van der Waals surface area (Å²) < 4.78 is 2.55. The maximum absolute atomic E-state index is 3.49. The fraction of sp³-hybridized carbons (Fsp3) is 0.333. The van der Waals surface area contributed by atoms with Crippen LogP contribution in [0.3, 0.4) is 0 Å². The lowest BCUT2D eigenvalue weighted by Gasteiger charge is -1.94. The van der Waals surface area contributed by atoms with Crippen LogP contribution in [-0.4, -0.2) is 0 Å². The Kier molecular flexibility index (Phi) is 4.63. The maximum Gasteiger partial charge on any atom is 0.0346 e. The van der Waals surface area contributed by atoms with E-state index in [1.165, 1.54) is 20.1 Å². The van der Waals surface area contributed by atoms with Crippen molar-refractivity contribution in [2.45, 2.75) is 27.2 Å². The second-order valence-electron chi connectivity index (χ2n) is 2.75. The predicted molar refractivity (Wildman–Crippen MR) is 70.3 cm³/mol. The van der Waals surface area contributed by atoms with Crippen LogP contribution in [0.1, 0.15) is 26.3 Å². The zero-order valence-corrected chi connectivity index (χ0v) is 11.2. The van der Waals surface area contributed by atoms with Crippen LogP contribution in [0, 0.1) is 0 Å². The molecule has 0 amide bonds. The SMILES string of the molecule is CC.CCc1csc2ccc(Br)cc12. The van der Waals surface area contributed by atoms with E-state index in [4.69, 9.17) is 0 Å². The van der Waals surface area contributed by atoms with Crippen LogP contribution in [0.15, 0.2) is 28.1 Å². The van der Waals surface area contributed by atoms with E-state index >= 15 is 0 Å². The normalized spacial score (nSPS) is 9.71. The molecule has 1 aromatic heterocycles. The summed E-state index contributed by atoms with van der Waals surface area (Å²) >= 11 is 5.31. The van der Waals surface area contributed by atoms with E-state index in [9.17, 15) is 0 Å². The fourth-order valence-electron chi connectivity index (χ4n) is 1.33. The van der Waals surface area contributed by atoms with Crippen molar-refractivity contribution in [3.8, 4) is 0 Å². The van der Waals surface area contributed by atoms with E-state index in [1.54, 1.807) is 0 Å². The van der Waals surface area contributed by atoms with Gasteiger partial charge in [0.15, 0.2) is 0 Å². The summed E-state index contributed by atoms with van der Waals surface area (Å²) in [7, 11) is 0. The summed E-state index contributed by atoms with van der Waals surface area (Å²) in [5.41, 5.74) is 1.45. The van der Waals surface area contributed by atoms with Gasteiger partial charge >= 0.3 is 0 Å². The topological polar surface area (TPSA) is 0 Å². The van der Waals surface area contributed by atoms with Crippen molar-refractivity contribution < 1.29 is 0 Å². The van der Waals surface area contributed by atoms with Crippen LogP contribution in [0.5, 0.6) is 0 Å². The molecule has 14 heavy (non-hydrogen) atoms. The maximum atomic E-state index is 3.49.